The lowest BCUT2D eigenvalue weighted by atomic mass is 10.0. The van der Waals surface area contributed by atoms with Crippen LogP contribution in [0.3, 0.4) is 0 Å². The van der Waals surface area contributed by atoms with Crippen molar-refractivity contribution in [1.82, 2.24) is 0 Å². The molecular weight excluding hydrogens is 267 g/mol. The van der Waals surface area contributed by atoms with Crippen LogP contribution in [0.1, 0.15) is 17.2 Å². The molecule has 0 fully saturated rings. The van der Waals surface area contributed by atoms with Gasteiger partial charge in [-0.1, -0.05) is 6.07 Å². The standard InChI is InChI=1S/C15H12F3NO/c1-20-14-4-2-3-12-9(14)7-13(19-12)8-5-10(16)15(18)11(17)6-8/h2-6,13,19H,7H2,1H3. The summed E-state index contributed by atoms with van der Waals surface area (Å²) in [7, 11) is 1.57. The van der Waals surface area contributed by atoms with Crippen molar-refractivity contribution in [3.63, 3.8) is 0 Å². The smallest absolute Gasteiger partial charge is 0.194 e. The molecular formula is C15H12F3NO. The van der Waals surface area contributed by atoms with Gasteiger partial charge in [0.05, 0.1) is 13.2 Å². The molecule has 3 rings (SSSR count). The van der Waals surface area contributed by atoms with Crippen LogP contribution < -0.4 is 10.1 Å². The van der Waals surface area contributed by atoms with Gasteiger partial charge in [0.25, 0.3) is 0 Å². The molecule has 0 spiro atoms. The fraction of sp³-hybridized carbons (Fsp3) is 0.200. The molecule has 20 heavy (non-hydrogen) atoms. The summed E-state index contributed by atoms with van der Waals surface area (Å²) in [5.41, 5.74) is 2.18. The summed E-state index contributed by atoms with van der Waals surface area (Å²) in [4.78, 5) is 0. The first-order chi connectivity index (χ1) is 9.60. The molecule has 1 aliphatic heterocycles. The van der Waals surface area contributed by atoms with Crippen LogP contribution in [-0.4, -0.2) is 7.11 Å². The number of rotatable bonds is 2. The molecule has 104 valence electrons. The van der Waals surface area contributed by atoms with Gasteiger partial charge in [-0.25, -0.2) is 13.2 Å². The average Bonchev–Trinajstić information content (AvgIpc) is 2.88. The van der Waals surface area contributed by atoms with Crippen LogP contribution in [0.15, 0.2) is 30.3 Å². The lowest BCUT2D eigenvalue weighted by Crippen LogP contribution is -2.07. The molecule has 5 heteroatoms. The number of hydrogen-bond acceptors (Lipinski definition) is 2. The van der Waals surface area contributed by atoms with E-state index in [0.29, 0.717) is 12.0 Å². The number of hydrogen-bond donors (Lipinski definition) is 1. The van der Waals surface area contributed by atoms with Crippen molar-refractivity contribution in [2.45, 2.75) is 12.5 Å². The normalized spacial score (nSPS) is 16.7. The Morgan fingerprint density at radius 1 is 1.15 bits per heavy atom. The Balaban J connectivity index is 1.96. The van der Waals surface area contributed by atoms with Crippen molar-refractivity contribution in [1.29, 1.82) is 0 Å². The number of methoxy groups -OCH3 is 1. The van der Waals surface area contributed by atoms with Gasteiger partial charge in [-0.05, 0) is 29.8 Å². The Morgan fingerprint density at radius 2 is 1.85 bits per heavy atom. The Hall–Kier alpha value is -2.17. The van der Waals surface area contributed by atoms with E-state index >= 15 is 0 Å². The van der Waals surface area contributed by atoms with E-state index in [4.69, 9.17) is 4.74 Å². The van der Waals surface area contributed by atoms with Gasteiger partial charge >= 0.3 is 0 Å². The van der Waals surface area contributed by atoms with Crippen molar-refractivity contribution < 1.29 is 17.9 Å². The van der Waals surface area contributed by atoms with Gasteiger partial charge in [-0.15, -0.1) is 0 Å². The first-order valence-corrected chi connectivity index (χ1v) is 6.17. The minimum atomic E-state index is -1.44. The van der Waals surface area contributed by atoms with Crippen LogP contribution in [0, 0.1) is 17.5 Å². The zero-order valence-electron chi connectivity index (χ0n) is 10.7. The summed E-state index contributed by atoms with van der Waals surface area (Å²) in [6.07, 6.45) is 0.532. The van der Waals surface area contributed by atoms with Gasteiger partial charge < -0.3 is 10.1 Å². The quantitative estimate of drug-likeness (QED) is 0.844. The predicted octanol–water partition coefficient (Wildman–Crippen LogP) is 3.82. The number of halogens is 3. The zero-order valence-corrected chi connectivity index (χ0v) is 10.7. The van der Waals surface area contributed by atoms with E-state index in [0.717, 1.165) is 29.1 Å². The van der Waals surface area contributed by atoms with E-state index in [1.54, 1.807) is 7.11 Å². The van der Waals surface area contributed by atoms with Crippen molar-refractivity contribution in [2.75, 3.05) is 12.4 Å². The third-order valence-electron chi connectivity index (χ3n) is 3.50. The van der Waals surface area contributed by atoms with Gasteiger partial charge in [0.2, 0.25) is 0 Å². The third kappa shape index (κ3) is 1.99. The SMILES string of the molecule is COc1cccc2c1CC(c1cc(F)c(F)c(F)c1)N2. The maximum atomic E-state index is 13.3. The second-order valence-corrected chi connectivity index (χ2v) is 4.69. The molecule has 1 unspecified atom stereocenters. The summed E-state index contributed by atoms with van der Waals surface area (Å²) >= 11 is 0. The highest BCUT2D eigenvalue weighted by Crippen LogP contribution is 2.39. The molecule has 1 atom stereocenters. The molecule has 0 saturated carbocycles. The highest BCUT2D eigenvalue weighted by Gasteiger charge is 2.26. The molecule has 0 radical (unpaired) electrons. The lowest BCUT2D eigenvalue weighted by Gasteiger charge is -2.12. The molecule has 1 aliphatic rings. The molecule has 0 aromatic heterocycles. The molecule has 0 amide bonds. The number of nitrogens with one attached hydrogen (secondary N) is 1. The number of anilines is 1. The highest BCUT2D eigenvalue weighted by atomic mass is 19.2. The highest BCUT2D eigenvalue weighted by molar-refractivity contribution is 5.63. The summed E-state index contributed by atoms with van der Waals surface area (Å²) in [5, 5.41) is 3.16. The van der Waals surface area contributed by atoms with Crippen molar-refractivity contribution in [3.8, 4) is 5.75 Å². The number of benzene rings is 2. The fourth-order valence-electron chi connectivity index (χ4n) is 2.52. The number of ether oxygens (including phenoxy) is 1. The molecule has 0 bridgehead atoms. The molecule has 2 aromatic rings. The minimum absolute atomic E-state index is 0.300. The molecule has 1 N–H and O–H groups in total. The molecule has 0 aliphatic carbocycles. The topological polar surface area (TPSA) is 21.3 Å². The van der Waals surface area contributed by atoms with E-state index < -0.39 is 17.5 Å². The molecule has 0 saturated heterocycles. The largest absolute Gasteiger partial charge is 0.496 e. The van der Waals surface area contributed by atoms with Crippen LogP contribution in [0.2, 0.25) is 0 Å². The minimum Gasteiger partial charge on any atom is -0.496 e. The van der Waals surface area contributed by atoms with Crippen LogP contribution >= 0.6 is 0 Å². The van der Waals surface area contributed by atoms with Gasteiger partial charge in [0.15, 0.2) is 17.5 Å². The van der Waals surface area contributed by atoms with Gasteiger partial charge in [-0.2, -0.15) is 0 Å². The van der Waals surface area contributed by atoms with Crippen LogP contribution in [0.25, 0.3) is 0 Å². The summed E-state index contributed by atoms with van der Waals surface area (Å²) in [5.74, 6) is -3.07. The van der Waals surface area contributed by atoms with Crippen LogP contribution in [0.5, 0.6) is 5.75 Å². The molecule has 2 aromatic carbocycles. The van der Waals surface area contributed by atoms with E-state index in [-0.39, 0.29) is 6.04 Å². The van der Waals surface area contributed by atoms with Crippen molar-refractivity contribution in [2.24, 2.45) is 0 Å². The average molecular weight is 279 g/mol. The second-order valence-electron chi connectivity index (χ2n) is 4.69. The fourth-order valence-corrected chi connectivity index (χ4v) is 2.52. The maximum Gasteiger partial charge on any atom is 0.194 e. The lowest BCUT2D eigenvalue weighted by molar-refractivity contribution is 0.410. The van der Waals surface area contributed by atoms with Crippen molar-refractivity contribution >= 4 is 5.69 Å². The third-order valence-corrected chi connectivity index (χ3v) is 3.50. The van der Waals surface area contributed by atoms with Gasteiger partial charge in [0, 0.05) is 17.7 Å². The van der Waals surface area contributed by atoms with Crippen LogP contribution in [0.4, 0.5) is 18.9 Å². The van der Waals surface area contributed by atoms with E-state index in [1.165, 1.54) is 0 Å². The molecule has 2 nitrogen and oxygen atoms in total. The Bertz CT molecular complexity index is 649. The summed E-state index contributed by atoms with van der Waals surface area (Å²) in [6.45, 7) is 0. The summed E-state index contributed by atoms with van der Waals surface area (Å²) < 4.78 is 44.8. The van der Waals surface area contributed by atoms with Gasteiger partial charge in [-0.3, -0.25) is 0 Å². The van der Waals surface area contributed by atoms with E-state index in [9.17, 15) is 13.2 Å². The first-order valence-electron chi connectivity index (χ1n) is 6.17. The summed E-state index contributed by atoms with van der Waals surface area (Å²) in [6, 6.07) is 7.27. The van der Waals surface area contributed by atoms with Gasteiger partial charge in [0.1, 0.15) is 5.75 Å². The van der Waals surface area contributed by atoms with Crippen LogP contribution in [-0.2, 0) is 6.42 Å². The maximum absolute atomic E-state index is 13.3. The Morgan fingerprint density at radius 3 is 2.50 bits per heavy atom. The number of fused-ring (bicyclic) bond motifs is 1. The van der Waals surface area contributed by atoms with Crippen molar-refractivity contribution in [3.05, 3.63) is 58.9 Å². The Labute approximate surface area is 114 Å². The predicted molar refractivity (Wildman–Crippen MR) is 69.4 cm³/mol. The Kier molecular flexibility index (Phi) is 3.04. The molecule has 1 heterocycles. The second kappa shape index (κ2) is 4.74. The monoisotopic (exact) mass is 279 g/mol. The first kappa shape index (κ1) is 12.8. The zero-order chi connectivity index (χ0) is 14.3. The van der Waals surface area contributed by atoms with E-state index in [1.807, 2.05) is 18.2 Å². The van der Waals surface area contributed by atoms with E-state index in [2.05, 4.69) is 5.32 Å².